The lowest BCUT2D eigenvalue weighted by Crippen LogP contribution is -2.29. The average molecular weight is 484 g/mol. The molecule has 0 radical (unpaired) electrons. The number of rotatable bonds is 8. The number of pyridine rings is 1. The SMILES string of the molecule is CCOc1cccc(CN2CCc3c(C(=O)OC)c(OC[C@@H]4CC(=O)N(C)C4)cc(=O)n3CC2)c1. The van der Waals surface area contributed by atoms with Crippen LogP contribution in [0.4, 0.5) is 0 Å². The van der Waals surface area contributed by atoms with Crippen molar-refractivity contribution in [2.75, 3.05) is 47.0 Å². The molecule has 2 aromatic rings. The summed E-state index contributed by atoms with van der Waals surface area (Å²) in [5.74, 6) is 0.627. The molecule has 1 amide bonds. The molecule has 4 rings (SSSR count). The molecule has 35 heavy (non-hydrogen) atoms. The Hall–Kier alpha value is -3.33. The van der Waals surface area contributed by atoms with E-state index in [4.69, 9.17) is 14.2 Å². The maximum atomic E-state index is 13.0. The second kappa shape index (κ2) is 10.9. The van der Waals surface area contributed by atoms with Crippen molar-refractivity contribution >= 4 is 11.9 Å². The first-order valence-corrected chi connectivity index (χ1v) is 12.1. The molecule has 0 aliphatic carbocycles. The predicted octanol–water partition coefficient (Wildman–Crippen LogP) is 1.95. The summed E-state index contributed by atoms with van der Waals surface area (Å²) in [7, 11) is 3.09. The van der Waals surface area contributed by atoms with Gasteiger partial charge in [-0.15, -0.1) is 0 Å². The molecule has 1 aromatic heterocycles. The second-order valence-electron chi connectivity index (χ2n) is 9.07. The molecule has 0 unspecified atom stereocenters. The van der Waals surface area contributed by atoms with Gasteiger partial charge in [0.05, 0.1) is 20.3 Å². The number of ether oxygens (including phenoxy) is 3. The van der Waals surface area contributed by atoms with E-state index in [-0.39, 0.29) is 29.7 Å². The van der Waals surface area contributed by atoms with Crippen LogP contribution in [0, 0.1) is 5.92 Å². The first-order valence-electron chi connectivity index (χ1n) is 12.1. The molecule has 188 valence electrons. The first-order chi connectivity index (χ1) is 16.9. The summed E-state index contributed by atoms with van der Waals surface area (Å²) in [6.07, 6.45) is 0.903. The molecule has 0 bridgehead atoms. The van der Waals surface area contributed by atoms with Crippen LogP contribution in [0.3, 0.4) is 0 Å². The van der Waals surface area contributed by atoms with E-state index in [0.29, 0.717) is 63.4 Å². The largest absolute Gasteiger partial charge is 0.494 e. The van der Waals surface area contributed by atoms with Gasteiger partial charge in [0.2, 0.25) is 5.91 Å². The molecule has 0 saturated carbocycles. The zero-order valence-corrected chi connectivity index (χ0v) is 20.6. The van der Waals surface area contributed by atoms with Crippen LogP contribution < -0.4 is 15.0 Å². The Morgan fingerprint density at radius 3 is 2.66 bits per heavy atom. The van der Waals surface area contributed by atoms with E-state index in [2.05, 4.69) is 11.0 Å². The van der Waals surface area contributed by atoms with Crippen LogP contribution in [0.5, 0.6) is 11.5 Å². The quantitative estimate of drug-likeness (QED) is 0.530. The number of benzene rings is 1. The third-order valence-corrected chi connectivity index (χ3v) is 6.59. The van der Waals surface area contributed by atoms with Gasteiger partial charge in [0.1, 0.15) is 17.1 Å². The number of carbonyl (C=O) groups excluding carboxylic acids is 2. The zero-order valence-electron chi connectivity index (χ0n) is 20.6. The van der Waals surface area contributed by atoms with E-state index in [1.54, 1.807) is 16.5 Å². The van der Waals surface area contributed by atoms with Gasteiger partial charge in [-0.3, -0.25) is 14.5 Å². The zero-order chi connectivity index (χ0) is 24.9. The fourth-order valence-electron chi connectivity index (χ4n) is 4.82. The highest BCUT2D eigenvalue weighted by Crippen LogP contribution is 2.26. The number of aromatic nitrogens is 1. The fraction of sp³-hybridized carbons (Fsp3) is 0.500. The van der Waals surface area contributed by atoms with Crippen LogP contribution in [0.25, 0.3) is 0 Å². The van der Waals surface area contributed by atoms with Crippen LogP contribution >= 0.6 is 0 Å². The highest BCUT2D eigenvalue weighted by molar-refractivity contribution is 5.93. The van der Waals surface area contributed by atoms with E-state index in [9.17, 15) is 14.4 Å². The van der Waals surface area contributed by atoms with Gasteiger partial charge in [0, 0.05) is 70.3 Å². The van der Waals surface area contributed by atoms with Gasteiger partial charge < -0.3 is 23.7 Å². The molecule has 1 saturated heterocycles. The van der Waals surface area contributed by atoms with Gasteiger partial charge in [-0.2, -0.15) is 0 Å². The van der Waals surface area contributed by atoms with E-state index >= 15 is 0 Å². The van der Waals surface area contributed by atoms with Crippen LogP contribution in [0.1, 0.15) is 35.0 Å². The molecular weight excluding hydrogens is 450 g/mol. The van der Waals surface area contributed by atoms with E-state index in [0.717, 1.165) is 11.3 Å². The molecule has 9 heteroatoms. The topological polar surface area (TPSA) is 90.3 Å². The summed E-state index contributed by atoms with van der Waals surface area (Å²) in [4.78, 5) is 41.6. The van der Waals surface area contributed by atoms with Gasteiger partial charge in [-0.05, 0) is 24.6 Å². The molecule has 0 N–H and O–H groups in total. The van der Waals surface area contributed by atoms with Crippen LogP contribution in [-0.2, 0) is 29.0 Å². The average Bonchev–Trinajstić information content (AvgIpc) is 3.02. The summed E-state index contributed by atoms with van der Waals surface area (Å²) in [6.45, 7) is 5.94. The highest BCUT2D eigenvalue weighted by atomic mass is 16.5. The van der Waals surface area contributed by atoms with Crippen molar-refractivity contribution in [3.63, 3.8) is 0 Å². The Morgan fingerprint density at radius 1 is 1.11 bits per heavy atom. The summed E-state index contributed by atoms with van der Waals surface area (Å²) < 4.78 is 18.3. The molecular formula is C26H33N3O6. The van der Waals surface area contributed by atoms with Crippen LogP contribution in [-0.4, -0.2) is 73.2 Å². The third-order valence-electron chi connectivity index (χ3n) is 6.59. The van der Waals surface area contributed by atoms with Gasteiger partial charge in [0.15, 0.2) is 0 Å². The fourth-order valence-corrected chi connectivity index (χ4v) is 4.82. The van der Waals surface area contributed by atoms with E-state index in [1.165, 1.54) is 13.2 Å². The minimum atomic E-state index is -0.527. The van der Waals surface area contributed by atoms with E-state index < -0.39 is 5.97 Å². The minimum Gasteiger partial charge on any atom is -0.494 e. The second-order valence-corrected chi connectivity index (χ2v) is 9.07. The standard InChI is InChI=1S/C26H33N3O6/c1-4-34-20-7-5-6-18(12-20)16-28-9-8-21-25(26(32)33-3)22(14-24(31)29(21)11-10-28)35-17-19-13-23(30)27(2)15-19/h5-7,12,14,19H,4,8-11,13,15-17H2,1-3H3/t19-/m1/s1. The Labute approximate surface area is 205 Å². The lowest BCUT2D eigenvalue weighted by atomic mass is 10.1. The first kappa shape index (κ1) is 24.8. The smallest absolute Gasteiger partial charge is 0.343 e. The lowest BCUT2D eigenvalue weighted by Gasteiger charge is -2.19. The predicted molar refractivity (Wildman–Crippen MR) is 130 cm³/mol. The molecule has 3 heterocycles. The van der Waals surface area contributed by atoms with Crippen molar-refractivity contribution in [3.8, 4) is 11.5 Å². The number of hydrogen-bond donors (Lipinski definition) is 0. The number of hydrogen-bond acceptors (Lipinski definition) is 7. The number of amides is 1. The highest BCUT2D eigenvalue weighted by Gasteiger charge is 2.30. The third kappa shape index (κ3) is 5.67. The lowest BCUT2D eigenvalue weighted by molar-refractivity contribution is -0.126. The molecule has 1 aromatic carbocycles. The van der Waals surface area contributed by atoms with Gasteiger partial charge in [-0.1, -0.05) is 12.1 Å². The Balaban J connectivity index is 1.54. The van der Waals surface area contributed by atoms with Gasteiger partial charge >= 0.3 is 5.97 Å². The number of esters is 1. The summed E-state index contributed by atoms with van der Waals surface area (Å²) >= 11 is 0. The Morgan fingerprint density at radius 2 is 1.94 bits per heavy atom. The number of likely N-dealkylation sites (tertiary alicyclic amines) is 1. The van der Waals surface area contributed by atoms with Crippen molar-refractivity contribution in [1.29, 1.82) is 0 Å². The molecule has 0 spiro atoms. The van der Waals surface area contributed by atoms with Crippen LogP contribution in [0.15, 0.2) is 35.1 Å². The molecule has 2 aliphatic heterocycles. The van der Waals surface area contributed by atoms with Crippen LogP contribution in [0.2, 0.25) is 0 Å². The van der Waals surface area contributed by atoms with Crippen molar-refractivity contribution < 1.29 is 23.8 Å². The van der Waals surface area contributed by atoms with Crippen molar-refractivity contribution in [3.05, 3.63) is 57.5 Å². The van der Waals surface area contributed by atoms with Crippen molar-refractivity contribution in [2.24, 2.45) is 5.92 Å². The van der Waals surface area contributed by atoms with Gasteiger partial charge in [-0.25, -0.2) is 4.79 Å². The van der Waals surface area contributed by atoms with Crippen molar-refractivity contribution in [1.82, 2.24) is 14.4 Å². The maximum absolute atomic E-state index is 13.0. The summed E-state index contributed by atoms with van der Waals surface area (Å²) in [5.41, 5.74) is 1.85. The minimum absolute atomic E-state index is 0.0162. The molecule has 9 nitrogen and oxygen atoms in total. The van der Waals surface area contributed by atoms with Crippen molar-refractivity contribution in [2.45, 2.75) is 32.9 Å². The Kier molecular flexibility index (Phi) is 7.75. The Bertz CT molecular complexity index is 1140. The number of methoxy groups -OCH3 is 1. The molecule has 1 atom stereocenters. The van der Waals surface area contributed by atoms with Gasteiger partial charge in [0.25, 0.3) is 5.56 Å². The number of nitrogens with zero attached hydrogens (tertiary/aromatic N) is 3. The maximum Gasteiger partial charge on any atom is 0.343 e. The number of fused-ring (bicyclic) bond motifs is 1. The summed E-state index contributed by atoms with van der Waals surface area (Å²) in [6, 6.07) is 9.38. The molecule has 1 fully saturated rings. The van der Waals surface area contributed by atoms with E-state index in [1.807, 2.05) is 25.1 Å². The normalized spacial score (nSPS) is 18.2. The monoisotopic (exact) mass is 483 g/mol. The molecule has 2 aliphatic rings. The summed E-state index contributed by atoms with van der Waals surface area (Å²) in [5, 5.41) is 0. The number of carbonyl (C=O) groups is 2.